The highest BCUT2D eigenvalue weighted by Crippen LogP contribution is 2.18. The van der Waals surface area contributed by atoms with Crippen LogP contribution in [-0.4, -0.2) is 51.2 Å². The Hall–Kier alpha value is -2.02. The summed E-state index contributed by atoms with van der Waals surface area (Å²) in [6.45, 7) is 10.3. The quantitative estimate of drug-likeness (QED) is 0.837. The van der Waals surface area contributed by atoms with E-state index in [9.17, 15) is 0 Å². The molecule has 1 aliphatic rings. The molecule has 0 radical (unpaired) electrons. The molecule has 2 aromatic heterocycles. The second-order valence-electron chi connectivity index (χ2n) is 5.42. The minimum Gasteiger partial charge on any atom is -0.353 e. The largest absolute Gasteiger partial charge is 0.353 e. The summed E-state index contributed by atoms with van der Waals surface area (Å²) < 4.78 is 5.17. The van der Waals surface area contributed by atoms with Gasteiger partial charge in [-0.15, -0.1) is 0 Å². The van der Waals surface area contributed by atoms with Gasteiger partial charge in [0, 0.05) is 32.4 Å². The van der Waals surface area contributed by atoms with E-state index in [0.717, 1.165) is 43.4 Å². The highest BCUT2D eigenvalue weighted by Gasteiger charge is 2.21. The lowest BCUT2D eigenvalue weighted by molar-refractivity contribution is 0.215. The molecular formula is C14H20N6O. The van der Waals surface area contributed by atoms with Gasteiger partial charge in [0.2, 0.25) is 5.89 Å². The molecule has 0 saturated carbocycles. The van der Waals surface area contributed by atoms with Crippen LogP contribution in [0.2, 0.25) is 0 Å². The first-order valence-electron chi connectivity index (χ1n) is 7.18. The number of piperazine rings is 1. The third-order valence-electron chi connectivity index (χ3n) is 3.65. The molecule has 0 spiro atoms. The Kier molecular flexibility index (Phi) is 3.83. The second-order valence-corrected chi connectivity index (χ2v) is 5.42. The first-order chi connectivity index (χ1) is 10.1. The third-order valence-corrected chi connectivity index (χ3v) is 3.65. The van der Waals surface area contributed by atoms with Crippen molar-refractivity contribution in [2.24, 2.45) is 0 Å². The van der Waals surface area contributed by atoms with Crippen LogP contribution in [0.5, 0.6) is 0 Å². The standard InChI is InChI=1S/C14H20N6O/c1-10-8-15-11(2)14(16-10)20-6-4-19(5-7-20)9-13-17-12(3)18-21-13/h8H,4-7,9H2,1-3H3. The first-order valence-corrected chi connectivity index (χ1v) is 7.18. The van der Waals surface area contributed by atoms with Crippen molar-refractivity contribution in [3.8, 4) is 0 Å². The van der Waals surface area contributed by atoms with Gasteiger partial charge in [-0.1, -0.05) is 5.16 Å². The highest BCUT2D eigenvalue weighted by atomic mass is 16.5. The summed E-state index contributed by atoms with van der Waals surface area (Å²) >= 11 is 0. The van der Waals surface area contributed by atoms with Crippen LogP contribution in [0.4, 0.5) is 5.82 Å². The maximum Gasteiger partial charge on any atom is 0.240 e. The van der Waals surface area contributed by atoms with E-state index in [1.54, 1.807) is 0 Å². The number of hydrogen-bond donors (Lipinski definition) is 0. The van der Waals surface area contributed by atoms with Crippen LogP contribution >= 0.6 is 0 Å². The normalized spacial score (nSPS) is 16.4. The maximum absolute atomic E-state index is 5.17. The lowest BCUT2D eigenvalue weighted by atomic mass is 10.3. The fraction of sp³-hybridized carbons (Fsp3) is 0.571. The predicted molar refractivity (Wildman–Crippen MR) is 78.0 cm³/mol. The van der Waals surface area contributed by atoms with Crippen molar-refractivity contribution >= 4 is 5.82 Å². The Bertz CT molecular complexity index is 618. The molecule has 0 atom stereocenters. The van der Waals surface area contributed by atoms with Crippen molar-refractivity contribution in [3.05, 3.63) is 29.3 Å². The zero-order valence-corrected chi connectivity index (χ0v) is 12.7. The predicted octanol–water partition coefficient (Wildman–Crippen LogP) is 1.11. The highest BCUT2D eigenvalue weighted by molar-refractivity contribution is 5.43. The molecule has 21 heavy (non-hydrogen) atoms. The van der Waals surface area contributed by atoms with Crippen molar-refractivity contribution in [1.29, 1.82) is 0 Å². The van der Waals surface area contributed by atoms with E-state index in [4.69, 9.17) is 4.52 Å². The third kappa shape index (κ3) is 3.18. The molecule has 7 heteroatoms. The van der Waals surface area contributed by atoms with Gasteiger partial charge in [0.1, 0.15) is 5.82 Å². The summed E-state index contributed by atoms with van der Waals surface area (Å²) in [4.78, 5) is 17.9. The Morgan fingerprint density at radius 1 is 1.10 bits per heavy atom. The SMILES string of the molecule is Cc1cnc(C)c(N2CCN(Cc3nc(C)no3)CC2)n1. The molecule has 1 saturated heterocycles. The van der Waals surface area contributed by atoms with Crippen molar-refractivity contribution in [2.45, 2.75) is 27.3 Å². The van der Waals surface area contributed by atoms with E-state index < -0.39 is 0 Å². The minimum absolute atomic E-state index is 0.687. The molecule has 112 valence electrons. The zero-order valence-electron chi connectivity index (χ0n) is 12.7. The Morgan fingerprint density at radius 3 is 2.52 bits per heavy atom. The molecule has 1 aliphatic heterocycles. The van der Waals surface area contributed by atoms with Crippen LogP contribution in [0, 0.1) is 20.8 Å². The molecule has 0 N–H and O–H groups in total. The van der Waals surface area contributed by atoms with E-state index >= 15 is 0 Å². The van der Waals surface area contributed by atoms with Crippen molar-refractivity contribution in [2.75, 3.05) is 31.1 Å². The Labute approximate surface area is 124 Å². The first kappa shape index (κ1) is 13.9. The van der Waals surface area contributed by atoms with Gasteiger partial charge < -0.3 is 9.42 Å². The van der Waals surface area contributed by atoms with Crippen LogP contribution in [-0.2, 0) is 6.54 Å². The van der Waals surface area contributed by atoms with Crippen LogP contribution < -0.4 is 4.90 Å². The van der Waals surface area contributed by atoms with E-state index in [1.165, 1.54) is 0 Å². The average Bonchev–Trinajstić information content (AvgIpc) is 2.88. The van der Waals surface area contributed by atoms with Crippen molar-refractivity contribution in [3.63, 3.8) is 0 Å². The van der Waals surface area contributed by atoms with Gasteiger partial charge in [0.25, 0.3) is 0 Å². The number of aromatic nitrogens is 4. The number of nitrogens with zero attached hydrogens (tertiary/aromatic N) is 6. The molecule has 2 aromatic rings. The molecule has 0 bridgehead atoms. The van der Waals surface area contributed by atoms with Crippen LogP contribution in [0.1, 0.15) is 23.1 Å². The molecule has 0 amide bonds. The van der Waals surface area contributed by atoms with Gasteiger partial charge in [-0.25, -0.2) is 4.98 Å². The fourth-order valence-electron chi connectivity index (χ4n) is 2.54. The van der Waals surface area contributed by atoms with Crippen LogP contribution in [0.25, 0.3) is 0 Å². The molecule has 0 aromatic carbocycles. The van der Waals surface area contributed by atoms with E-state index in [0.29, 0.717) is 18.3 Å². The molecule has 1 fully saturated rings. The smallest absolute Gasteiger partial charge is 0.240 e. The van der Waals surface area contributed by atoms with Crippen molar-refractivity contribution < 1.29 is 4.52 Å². The molecule has 0 aliphatic carbocycles. The van der Waals surface area contributed by atoms with E-state index in [1.807, 2.05) is 27.0 Å². The molecule has 7 nitrogen and oxygen atoms in total. The van der Waals surface area contributed by atoms with Gasteiger partial charge in [-0.3, -0.25) is 9.88 Å². The molecule has 0 unspecified atom stereocenters. The van der Waals surface area contributed by atoms with E-state index in [-0.39, 0.29) is 0 Å². The number of rotatable bonds is 3. The van der Waals surface area contributed by atoms with Gasteiger partial charge >= 0.3 is 0 Å². The average molecular weight is 288 g/mol. The second kappa shape index (κ2) is 5.77. The monoisotopic (exact) mass is 288 g/mol. The van der Waals surface area contributed by atoms with Crippen molar-refractivity contribution in [1.82, 2.24) is 25.0 Å². The summed E-state index contributed by atoms with van der Waals surface area (Å²) in [5.41, 5.74) is 1.95. The van der Waals surface area contributed by atoms with Gasteiger partial charge in [0.05, 0.1) is 17.9 Å². The van der Waals surface area contributed by atoms with E-state index in [2.05, 4.69) is 29.9 Å². The summed E-state index contributed by atoms with van der Waals surface area (Å²) in [6.07, 6.45) is 1.81. The van der Waals surface area contributed by atoms with Gasteiger partial charge in [-0.2, -0.15) is 4.98 Å². The molecule has 3 rings (SSSR count). The zero-order chi connectivity index (χ0) is 14.8. The topological polar surface area (TPSA) is 71.2 Å². The summed E-state index contributed by atoms with van der Waals surface area (Å²) in [6, 6.07) is 0. The lowest BCUT2D eigenvalue weighted by Gasteiger charge is -2.35. The number of anilines is 1. The van der Waals surface area contributed by atoms with Gasteiger partial charge in [-0.05, 0) is 20.8 Å². The van der Waals surface area contributed by atoms with Gasteiger partial charge in [0.15, 0.2) is 5.82 Å². The maximum atomic E-state index is 5.17. The summed E-state index contributed by atoms with van der Waals surface area (Å²) in [5, 5.41) is 3.82. The fourth-order valence-corrected chi connectivity index (χ4v) is 2.54. The number of aryl methyl sites for hydroxylation is 3. The molecule has 3 heterocycles. The Balaban J connectivity index is 1.61. The van der Waals surface area contributed by atoms with Crippen LogP contribution in [0.3, 0.4) is 0 Å². The number of hydrogen-bond acceptors (Lipinski definition) is 7. The summed E-state index contributed by atoms with van der Waals surface area (Å²) in [5.74, 6) is 2.38. The lowest BCUT2D eigenvalue weighted by Crippen LogP contribution is -2.46. The summed E-state index contributed by atoms with van der Waals surface area (Å²) in [7, 11) is 0. The molecular weight excluding hydrogens is 268 g/mol. The van der Waals surface area contributed by atoms with Crippen LogP contribution in [0.15, 0.2) is 10.7 Å². The Morgan fingerprint density at radius 2 is 1.86 bits per heavy atom. The minimum atomic E-state index is 0.687.